The fourth-order valence-corrected chi connectivity index (χ4v) is 2.59. The zero-order valence-corrected chi connectivity index (χ0v) is 11.7. The average Bonchev–Trinajstić information content (AvgIpc) is 2.36. The number of esters is 1. The number of Topliss-reactive ketones (excluding diaryl/α,β-unsaturated/α-hetero) is 1. The van der Waals surface area contributed by atoms with Crippen molar-refractivity contribution in [2.24, 2.45) is 11.8 Å². The van der Waals surface area contributed by atoms with Crippen molar-refractivity contribution in [1.82, 2.24) is 5.32 Å². The van der Waals surface area contributed by atoms with Crippen LogP contribution in [0.25, 0.3) is 0 Å². The minimum absolute atomic E-state index is 0.0295. The first-order valence-electron chi connectivity index (χ1n) is 7.01. The second kappa shape index (κ2) is 7.52. The highest BCUT2D eigenvalue weighted by Crippen LogP contribution is 2.25. The molecule has 4 nitrogen and oxygen atoms in total. The largest absolute Gasteiger partial charge is 0.466 e. The lowest BCUT2D eigenvalue weighted by atomic mass is 9.79. The third-order valence-electron chi connectivity index (χ3n) is 3.82. The van der Waals surface area contributed by atoms with Gasteiger partial charge in [-0.2, -0.15) is 0 Å². The number of nitrogens with one attached hydrogen (secondary N) is 1. The minimum Gasteiger partial charge on any atom is -0.466 e. The van der Waals surface area contributed by atoms with Crippen molar-refractivity contribution in [3.8, 4) is 0 Å². The molecule has 1 fully saturated rings. The molecule has 0 saturated carbocycles. The molecule has 1 heterocycles. The van der Waals surface area contributed by atoms with E-state index in [2.05, 4.69) is 19.2 Å². The Bertz CT molecular complexity index is 291. The smallest absolute Gasteiger partial charge is 0.305 e. The summed E-state index contributed by atoms with van der Waals surface area (Å²) in [5, 5.41) is 3.43. The summed E-state index contributed by atoms with van der Waals surface area (Å²) in [6, 6.07) is 0.214. The molecule has 0 aromatic rings. The molecule has 3 atom stereocenters. The minimum atomic E-state index is -0.196. The van der Waals surface area contributed by atoms with Crippen LogP contribution in [0, 0.1) is 11.8 Å². The van der Waals surface area contributed by atoms with Gasteiger partial charge in [-0.15, -0.1) is 0 Å². The normalized spacial score (nSPS) is 25.8. The Kier molecular flexibility index (Phi) is 6.33. The molecule has 0 aliphatic carbocycles. The summed E-state index contributed by atoms with van der Waals surface area (Å²) in [6.45, 7) is 7.27. The molecule has 104 valence electrons. The van der Waals surface area contributed by atoms with Crippen LogP contribution in [0.5, 0.6) is 0 Å². The number of carbonyl (C=O) groups is 2. The van der Waals surface area contributed by atoms with Crippen molar-refractivity contribution < 1.29 is 14.3 Å². The molecule has 1 aliphatic rings. The number of hydrogen-bond donors (Lipinski definition) is 1. The molecule has 1 N–H and O–H groups in total. The van der Waals surface area contributed by atoms with Gasteiger partial charge in [0, 0.05) is 31.3 Å². The summed E-state index contributed by atoms with van der Waals surface area (Å²) in [4.78, 5) is 23.4. The molecular formula is C14H25NO3. The number of piperidine rings is 1. The molecule has 3 unspecified atom stereocenters. The van der Waals surface area contributed by atoms with Crippen LogP contribution in [0.2, 0.25) is 0 Å². The SMILES string of the molecule is CCOC(=O)CCC1C(=O)CCNC1C(C)CC. The number of hydrogen-bond acceptors (Lipinski definition) is 4. The highest BCUT2D eigenvalue weighted by atomic mass is 16.5. The van der Waals surface area contributed by atoms with Crippen molar-refractivity contribution in [3.05, 3.63) is 0 Å². The number of ketones is 1. The Balaban J connectivity index is 2.56. The molecule has 1 aliphatic heterocycles. The van der Waals surface area contributed by atoms with E-state index in [0.29, 0.717) is 37.6 Å². The van der Waals surface area contributed by atoms with Crippen molar-refractivity contribution in [1.29, 1.82) is 0 Å². The van der Waals surface area contributed by atoms with Gasteiger partial charge in [-0.25, -0.2) is 0 Å². The van der Waals surface area contributed by atoms with E-state index < -0.39 is 0 Å². The Morgan fingerprint density at radius 3 is 2.83 bits per heavy atom. The Hall–Kier alpha value is -0.900. The fraction of sp³-hybridized carbons (Fsp3) is 0.857. The lowest BCUT2D eigenvalue weighted by molar-refractivity contribution is -0.143. The van der Waals surface area contributed by atoms with Gasteiger partial charge >= 0.3 is 5.97 Å². The molecular weight excluding hydrogens is 230 g/mol. The van der Waals surface area contributed by atoms with Crippen LogP contribution in [0.3, 0.4) is 0 Å². The van der Waals surface area contributed by atoms with Crippen molar-refractivity contribution >= 4 is 11.8 Å². The van der Waals surface area contributed by atoms with E-state index in [9.17, 15) is 9.59 Å². The van der Waals surface area contributed by atoms with Crippen LogP contribution >= 0.6 is 0 Å². The predicted molar refractivity (Wildman–Crippen MR) is 70.2 cm³/mol. The lowest BCUT2D eigenvalue weighted by Gasteiger charge is -2.35. The molecule has 1 rings (SSSR count). The summed E-state index contributed by atoms with van der Waals surface area (Å²) < 4.78 is 4.92. The average molecular weight is 255 g/mol. The molecule has 4 heteroatoms. The van der Waals surface area contributed by atoms with E-state index in [1.165, 1.54) is 0 Å². The first-order valence-corrected chi connectivity index (χ1v) is 7.01. The first-order chi connectivity index (χ1) is 8.60. The maximum Gasteiger partial charge on any atom is 0.305 e. The zero-order valence-electron chi connectivity index (χ0n) is 11.7. The maximum atomic E-state index is 12.0. The van der Waals surface area contributed by atoms with Crippen LogP contribution in [-0.2, 0) is 14.3 Å². The van der Waals surface area contributed by atoms with E-state index in [0.717, 1.165) is 13.0 Å². The standard InChI is InChI=1S/C14H25NO3/c1-4-10(3)14-11(12(16)8-9-15-14)6-7-13(17)18-5-2/h10-11,14-15H,4-9H2,1-3H3. The molecule has 18 heavy (non-hydrogen) atoms. The van der Waals surface area contributed by atoms with Crippen molar-refractivity contribution in [2.45, 2.75) is 52.5 Å². The fourth-order valence-electron chi connectivity index (χ4n) is 2.59. The van der Waals surface area contributed by atoms with Gasteiger partial charge in [-0.1, -0.05) is 20.3 Å². The zero-order chi connectivity index (χ0) is 13.5. The van der Waals surface area contributed by atoms with E-state index in [1.54, 1.807) is 6.92 Å². The third kappa shape index (κ3) is 4.09. The molecule has 0 bridgehead atoms. The summed E-state index contributed by atoms with van der Waals surface area (Å²) in [5.41, 5.74) is 0. The second-order valence-electron chi connectivity index (χ2n) is 5.03. The molecule has 0 radical (unpaired) electrons. The van der Waals surface area contributed by atoms with E-state index in [4.69, 9.17) is 4.74 Å². The van der Waals surface area contributed by atoms with Gasteiger partial charge in [-0.05, 0) is 19.3 Å². The van der Waals surface area contributed by atoms with Crippen LogP contribution < -0.4 is 5.32 Å². The van der Waals surface area contributed by atoms with Crippen LogP contribution in [0.15, 0.2) is 0 Å². The second-order valence-corrected chi connectivity index (χ2v) is 5.03. The molecule has 0 spiro atoms. The van der Waals surface area contributed by atoms with Crippen LogP contribution in [0.1, 0.15) is 46.5 Å². The summed E-state index contributed by atoms with van der Waals surface area (Å²) in [7, 11) is 0. The Morgan fingerprint density at radius 2 is 2.22 bits per heavy atom. The van der Waals surface area contributed by atoms with Gasteiger partial charge in [-0.3, -0.25) is 9.59 Å². The molecule has 1 saturated heterocycles. The van der Waals surface area contributed by atoms with E-state index in [1.807, 2.05) is 0 Å². The molecule has 0 amide bonds. The quantitative estimate of drug-likeness (QED) is 0.737. The number of ether oxygens (including phenoxy) is 1. The van der Waals surface area contributed by atoms with Crippen molar-refractivity contribution in [2.75, 3.05) is 13.2 Å². The number of rotatable bonds is 6. The van der Waals surface area contributed by atoms with Gasteiger partial charge in [0.25, 0.3) is 0 Å². The summed E-state index contributed by atoms with van der Waals surface area (Å²) in [5.74, 6) is 0.529. The van der Waals surface area contributed by atoms with Crippen LogP contribution in [-0.4, -0.2) is 30.9 Å². The van der Waals surface area contributed by atoms with Gasteiger partial charge < -0.3 is 10.1 Å². The maximum absolute atomic E-state index is 12.0. The van der Waals surface area contributed by atoms with Crippen LogP contribution in [0.4, 0.5) is 0 Å². The van der Waals surface area contributed by atoms with Gasteiger partial charge in [0.2, 0.25) is 0 Å². The predicted octanol–water partition coefficient (Wildman–Crippen LogP) is 1.92. The third-order valence-corrected chi connectivity index (χ3v) is 3.82. The lowest BCUT2D eigenvalue weighted by Crippen LogP contribution is -2.50. The topological polar surface area (TPSA) is 55.4 Å². The molecule has 0 aromatic carbocycles. The first kappa shape index (κ1) is 15.2. The Labute approximate surface area is 109 Å². The monoisotopic (exact) mass is 255 g/mol. The Morgan fingerprint density at radius 1 is 1.50 bits per heavy atom. The molecule has 0 aromatic heterocycles. The summed E-state index contributed by atoms with van der Waals surface area (Å²) >= 11 is 0. The number of carbonyl (C=O) groups excluding carboxylic acids is 2. The summed E-state index contributed by atoms with van der Waals surface area (Å²) in [6.07, 6.45) is 2.58. The highest BCUT2D eigenvalue weighted by molar-refractivity contribution is 5.83. The van der Waals surface area contributed by atoms with E-state index in [-0.39, 0.29) is 17.9 Å². The highest BCUT2D eigenvalue weighted by Gasteiger charge is 2.34. The van der Waals surface area contributed by atoms with Gasteiger partial charge in [0.1, 0.15) is 5.78 Å². The van der Waals surface area contributed by atoms with Gasteiger partial charge in [0.05, 0.1) is 6.61 Å². The van der Waals surface area contributed by atoms with E-state index >= 15 is 0 Å². The van der Waals surface area contributed by atoms with Crippen molar-refractivity contribution in [3.63, 3.8) is 0 Å². The van der Waals surface area contributed by atoms with Gasteiger partial charge in [0.15, 0.2) is 0 Å².